The molecular formula is C20H15IN2. The van der Waals surface area contributed by atoms with Crippen LogP contribution in [0.25, 0.3) is 33.3 Å². The van der Waals surface area contributed by atoms with Crippen molar-refractivity contribution in [3.8, 4) is 22.3 Å². The second-order valence-corrected chi connectivity index (χ2v) is 6.75. The van der Waals surface area contributed by atoms with E-state index in [1.807, 2.05) is 18.5 Å². The summed E-state index contributed by atoms with van der Waals surface area (Å²) in [6, 6.07) is 19.0. The number of pyridine rings is 1. The fourth-order valence-corrected chi connectivity index (χ4v) is 3.97. The number of hydrogen-bond donors (Lipinski definition) is 1. The van der Waals surface area contributed by atoms with Gasteiger partial charge >= 0.3 is 0 Å². The smallest absolute Gasteiger partial charge is 0.137 e. The van der Waals surface area contributed by atoms with Crippen LogP contribution in [0.5, 0.6) is 0 Å². The highest BCUT2D eigenvalue weighted by Gasteiger charge is 2.17. The molecule has 4 aromatic rings. The number of halogens is 1. The van der Waals surface area contributed by atoms with Gasteiger partial charge in [-0.25, -0.2) is 4.98 Å². The molecule has 2 heterocycles. The van der Waals surface area contributed by atoms with Crippen molar-refractivity contribution >= 4 is 33.6 Å². The molecule has 0 saturated heterocycles. The summed E-state index contributed by atoms with van der Waals surface area (Å²) in [6.45, 7) is 2.17. The minimum atomic E-state index is 0.929. The molecule has 0 aliphatic heterocycles. The Bertz CT molecular complexity index is 967. The minimum absolute atomic E-state index is 0.929. The maximum atomic E-state index is 4.61. The number of rotatable bonds is 2. The van der Waals surface area contributed by atoms with Gasteiger partial charge < -0.3 is 4.98 Å². The third-order valence-electron chi connectivity index (χ3n) is 4.14. The number of aromatic nitrogens is 2. The predicted octanol–water partition coefficient (Wildman–Crippen LogP) is 5.81. The number of nitrogens with zero attached hydrogens (tertiary/aromatic N) is 1. The molecule has 0 amide bonds. The van der Waals surface area contributed by atoms with Crippen LogP contribution < -0.4 is 0 Å². The minimum Gasteiger partial charge on any atom is -0.346 e. The number of nitrogens with one attached hydrogen (secondary N) is 1. The Labute approximate surface area is 148 Å². The monoisotopic (exact) mass is 410 g/mol. The molecule has 0 aliphatic carbocycles. The molecule has 0 atom stereocenters. The summed E-state index contributed by atoms with van der Waals surface area (Å²) in [6.07, 6.45) is 3.94. The molecule has 1 N–H and O–H groups in total. The maximum absolute atomic E-state index is 4.61. The van der Waals surface area contributed by atoms with E-state index >= 15 is 0 Å². The number of benzene rings is 2. The molecule has 112 valence electrons. The summed E-state index contributed by atoms with van der Waals surface area (Å²) in [5, 5.41) is 1.17. The Balaban J connectivity index is 2.14. The molecule has 0 spiro atoms. The summed E-state index contributed by atoms with van der Waals surface area (Å²) in [5.41, 5.74) is 7.12. The lowest BCUT2D eigenvalue weighted by Gasteiger charge is -2.15. The molecular weight excluding hydrogens is 395 g/mol. The van der Waals surface area contributed by atoms with Crippen LogP contribution in [-0.2, 0) is 0 Å². The van der Waals surface area contributed by atoms with Gasteiger partial charge in [-0.2, -0.15) is 0 Å². The number of H-pyrrole nitrogens is 1. The van der Waals surface area contributed by atoms with Gasteiger partial charge in [0.2, 0.25) is 0 Å². The van der Waals surface area contributed by atoms with Crippen LogP contribution in [0, 0.1) is 10.5 Å². The van der Waals surface area contributed by atoms with Crippen molar-refractivity contribution < 1.29 is 0 Å². The molecule has 0 fully saturated rings. The van der Waals surface area contributed by atoms with E-state index in [-0.39, 0.29) is 0 Å². The first-order chi connectivity index (χ1) is 11.3. The van der Waals surface area contributed by atoms with Crippen LogP contribution in [0.4, 0.5) is 0 Å². The van der Waals surface area contributed by atoms with E-state index in [2.05, 4.69) is 88.0 Å². The van der Waals surface area contributed by atoms with Gasteiger partial charge in [0.25, 0.3) is 0 Å². The lowest BCUT2D eigenvalue weighted by atomic mass is 9.91. The van der Waals surface area contributed by atoms with Crippen LogP contribution in [0.3, 0.4) is 0 Å². The lowest BCUT2D eigenvalue weighted by molar-refractivity contribution is 1.32. The van der Waals surface area contributed by atoms with E-state index in [4.69, 9.17) is 0 Å². The standard InChI is InChI=1S/C20H15IN2/c1-13-6-5-9-17(21)18(13)19-15-10-11-22-20(15)23-12-16(19)14-7-3-2-4-8-14/h2-12H,1H3,(H,22,23). The van der Waals surface area contributed by atoms with Gasteiger partial charge in [-0.05, 0) is 58.3 Å². The summed E-state index contributed by atoms with van der Waals surface area (Å²) in [7, 11) is 0. The lowest BCUT2D eigenvalue weighted by Crippen LogP contribution is -1.94. The second-order valence-electron chi connectivity index (χ2n) is 5.58. The van der Waals surface area contributed by atoms with E-state index < -0.39 is 0 Å². The van der Waals surface area contributed by atoms with E-state index in [1.54, 1.807) is 0 Å². The van der Waals surface area contributed by atoms with Gasteiger partial charge in [-0.3, -0.25) is 0 Å². The van der Waals surface area contributed by atoms with Crippen molar-refractivity contribution in [3.63, 3.8) is 0 Å². The zero-order valence-electron chi connectivity index (χ0n) is 12.7. The van der Waals surface area contributed by atoms with Crippen LogP contribution >= 0.6 is 22.6 Å². The Kier molecular flexibility index (Phi) is 3.65. The van der Waals surface area contributed by atoms with Crippen molar-refractivity contribution in [2.24, 2.45) is 0 Å². The number of hydrogen-bond acceptors (Lipinski definition) is 1. The van der Waals surface area contributed by atoms with Gasteiger partial charge in [-0.15, -0.1) is 0 Å². The fraction of sp³-hybridized carbons (Fsp3) is 0.0500. The Morgan fingerprint density at radius 2 is 1.74 bits per heavy atom. The van der Waals surface area contributed by atoms with E-state index in [0.717, 1.165) is 5.65 Å². The van der Waals surface area contributed by atoms with Crippen molar-refractivity contribution in [3.05, 3.63) is 76.1 Å². The SMILES string of the molecule is Cc1cccc(I)c1-c1c(-c2ccccc2)cnc2[nH]ccc12. The highest BCUT2D eigenvalue weighted by Crippen LogP contribution is 2.40. The van der Waals surface area contributed by atoms with Gasteiger partial charge in [0.15, 0.2) is 0 Å². The highest BCUT2D eigenvalue weighted by atomic mass is 127. The maximum Gasteiger partial charge on any atom is 0.137 e. The Morgan fingerprint density at radius 3 is 2.52 bits per heavy atom. The average Bonchev–Trinajstić information content (AvgIpc) is 3.04. The van der Waals surface area contributed by atoms with Gasteiger partial charge in [0, 0.05) is 32.5 Å². The number of fused-ring (bicyclic) bond motifs is 1. The van der Waals surface area contributed by atoms with Crippen molar-refractivity contribution in [1.29, 1.82) is 0 Å². The van der Waals surface area contributed by atoms with Gasteiger partial charge in [0.1, 0.15) is 5.65 Å². The molecule has 0 saturated carbocycles. The zero-order chi connectivity index (χ0) is 15.8. The molecule has 2 aromatic heterocycles. The molecule has 0 bridgehead atoms. The first-order valence-electron chi connectivity index (χ1n) is 7.52. The summed E-state index contributed by atoms with van der Waals surface area (Å²) in [4.78, 5) is 7.84. The first-order valence-corrected chi connectivity index (χ1v) is 8.60. The highest BCUT2D eigenvalue weighted by molar-refractivity contribution is 14.1. The van der Waals surface area contributed by atoms with Crippen LogP contribution in [0.1, 0.15) is 5.56 Å². The van der Waals surface area contributed by atoms with Crippen molar-refractivity contribution in [2.45, 2.75) is 6.92 Å². The van der Waals surface area contributed by atoms with Gasteiger partial charge in [-0.1, -0.05) is 42.5 Å². The quantitative estimate of drug-likeness (QED) is 0.415. The van der Waals surface area contributed by atoms with Crippen molar-refractivity contribution in [2.75, 3.05) is 0 Å². The van der Waals surface area contributed by atoms with Crippen LogP contribution in [-0.4, -0.2) is 9.97 Å². The number of aromatic amines is 1. The summed E-state index contributed by atoms with van der Waals surface area (Å²) >= 11 is 2.43. The van der Waals surface area contributed by atoms with Crippen LogP contribution in [0.2, 0.25) is 0 Å². The topological polar surface area (TPSA) is 28.7 Å². The third kappa shape index (κ3) is 2.45. The first kappa shape index (κ1) is 14.5. The molecule has 4 rings (SSSR count). The summed E-state index contributed by atoms with van der Waals surface area (Å²) < 4.78 is 1.26. The predicted molar refractivity (Wildman–Crippen MR) is 104 cm³/mol. The third-order valence-corrected chi connectivity index (χ3v) is 5.04. The second kappa shape index (κ2) is 5.81. The molecule has 0 unspecified atom stereocenters. The van der Waals surface area contributed by atoms with E-state index in [0.29, 0.717) is 0 Å². The van der Waals surface area contributed by atoms with Crippen molar-refractivity contribution in [1.82, 2.24) is 9.97 Å². The molecule has 23 heavy (non-hydrogen) atoms. The largest absolute Gasteiger partial charge is 0.346 e. The molecule has 2 aromatic carbocycles. The molecule has 2 nitrogen and oxygen atoms in total. The number of aryl methyl sites for hydroxylation is 1. The van der Waals surface area contributed by atoms with E-state index in [1.165, 1.54) is 36.8 Å². The molecule has 0 radical (unpaired) electrons. The fourth-order valence-electron chi connectivity index (χ4n) is 3.06. The summed E-state index contributed by atoms with van der Waals surface area (Å²) in [5.74, 6) is 0. The molecule has 0 aliphatic rings. The Hall–Kier alpha value is -2.14. The Morgan fingerprint density at radius 1 is 0.913 bits per heavy atom. The molecule has 3 heteroatoms. The van der Waals surface area contributed by atoms with E-state index in [9.17, 15) is 0 Å². The van der Waals surface area contributed by atoms with Gasteiger partial charge in [0.05, 0.1) is 0 Å². The normalized spacial score (nSPS) is 11.0. The zero-order valence-corrected chi connectivity index (χ0v) is 14.8. The van der Waals surface area contributed by atoms with Crippen LogP contribution in [0.15, 0.2) is 67.0 Å². The average molecular weight is 410 g/mol.